The molecule has 5 heteroatoms. The Morgan fingerprint density at radius 3 is 2.63 bits per heavy atom. The number of halogens is 1. The third-order valence-electron chi connectivity index (χ3n) is 2.63. The number of carbonyl (C=O) groups is 1. The van der Waals surface area contributed by atoms with Crippen molar-refractivity contribution in [1.82, 2.24) is 10.3 Å². The Hall–Kier alpha value is -2.43. The summed E-state index contributed by atoms with van der Waals surface area (Å²) < 4.78 is 12.7. The molecule has 2 aromatic rings. The Labute approximate surface area is 109 Å². The molecule has 1 heterocycles. The maximum Gasteiger partial charge on any atom is 0.267 e. The molecule has 2 rings (SSSR count). The number of aromatic nitrogens is 1. The molecule has 0 aliphatic rings. The number of rotatable bonds is 4. The predicted molar refractivity (Wildman–Crippen MR) is 69.5 cm³/mol. The number of H-pyrrole nitrogens is 1. The van der Waals surface area contributed by atoms with Crippen LogP contribution in [0, 0.1) is 5.82 Å². The molecule has 4 nitrogen and oxygen atoms in total. The lowest BCUT2D eigenvalue weighted by Gasteiger charge is -2.05. The van der Waals surface area contributed by atoms with Crippen molar-refractivity contribution in [2.24, 2.45) is 0 Å². The van der Waals surface area contributed by atoms with Crippen molar-refractivity contribution in [2.45, 2.75) is 6.42 Å². The third-order valence-corrected chi connectivity index (χ3v) is 2.63. The molecule has 2 N–H and O–H groups in total. The van der Waals surface area contributed by atoms with Gasteiger partial charge in [0.2, 0.25) is 0 Å². The van der Waals surface area contributed by atoms with Gasteiger partial charge >= 0.3 is 0 Å². The van der Waals surface area contributed by atoms with Crippen LogP contribution in [-0.2, 0) is 6.42 Å². The van der Waals surface area contributed by atoms with Crippen LogP contribution in [0.1, 0.15) is 16.1 Å². The van der Waals surface area contributed by atoms with Gasteiger partial charge in [0.25, 0.3) is 5.91 Å². The zero-order valence-electron chi connectivity index (χ0n) is 10.2. The topological polar surface area (TPSA) is 62.0 Å². The predicted octanol–water partition coefficient (Wildman–Crippen LogP) is 1.49. The fraction of sp³-hybridized carbons (Fsp3) is 0.143. The fourth-order valence-corrected chi connectivity index (χ4v) is 1.64. The third kappa shape index (κ3) is 3.77. The SMILES string of the molecule is O=C(NCCc1ccc(F)cc1)c1cc(=O)cc[nH]1. The van der Waals surface area contributed by atoms with Gasteiger partial charge in [-0.2, -0.15) is 0 Å². The molecule has 0 bridgehead atoms. The first-order chi connectivity index (χ1) is 9.15. The van der Waals surface area contributed by atoms with Gasteiger partial charge in [0.15, 0.2) is 5.43 Å². The molecule has 0 aliphatic carbocycles. The molecule has 0 spiro atoms. The lowest BCUT2D eigenvalue weighted by molar-refractivity contribution is 0.0949. The molecule has 1 aromatic carbocycles. The maximum atomic E-state index is 12.7. The number of amides is 1. The van der Waals surface area contributed by atoms with E-state index in [9.17, 15) is 14.0 Å². The van der Waals surface area contributed by atoms with E-state index in [4.69, 9.17) is 0 Å². The van der Waals surface area contributed by atoms with Crippen LogP contribution in [0.3, 0.4) is 0 Å². The van der Waals surface area contributed by atoms with Crippen molar-refractivity contribution >= 4 is 5.91 Å². The van der Waals surface area contributed by atoms with Gasteiger partial charge < -0.3 is 10.3 Å². The molecule has 0 fully saturated rings. The van der Waals surface area contributed by atoms with E-state index in [1.54, 1.807) is 12.1 Å². The molecule has 0 aliphatic heterocycles. The summed E-state index contributed by atoms with van der Waals surface area (Å²) in [5.74, 6) is -0.616. The van der Waals surface area contributed by atoms with Crippen LogP contribution in [-0.4, -0.2) is 17.4 Å². The molecule has 19 heavy (non-hydrogen) atoms. The van der Waals surface area contributed by atoms with Gasteiger partial charge in [-0.25, -0.2) is 4.39 Å². The van der Waals surface area contributed by atoms with Crippen molar-refractivity contribution in [3.63, 3.8) is 0 Å². The van der Waals surface area contributed by atoms with Gasteiger partial charge in [-0.15, -0.1) is 0 Å². The lowest BCUT2D eigenvalue weighted by Crippen LogP contribution is -2.27. The van der Waals surface area contributed by atoms with Gasteiger partial charge in [-0.05, 0) is 24.1 Å². The number of pyridine rings is 1. The van der Waals surface area contributed by atoms with Crippen molar-refractivity contribution in [3.8, 4) is 0 Å². The van der Waals surface area contributed by atoms with E-state index in [1.807, 2.05) is 0 Å². The van der Waals surface area contributed by atoms with Crippen molar-refractivity contribution in [3.05, 3.63) is 69.9 Å². The maximum absolute atomic E-state index is 12.7. The second-order valence-electron chi connectivity index (χ2n) is 4.07. The first kappa shape index (κ1) is 13.0. The van der Waals surface area contributed by atoms with E-state index in [0.29, 0.717) is 13.0 Å². The zero-order valence-corrected chi connectivity index (χ0v) is 10.2. The Bertz CT molecular complexity index is 620. The van der Waals surface area contributed by atoms with E-state index in [1.165, 1.54) is 30.5 Å². The number of benzene rings is 1. The normalized spacial score (nSPS) is 10.2. The van der Waals surface area contributed by atoms with E-state index in [2.05, 4.69) is 10.3 Å². The smallest absolute Gasteiger partial charge is 0.267 e. The van der Waals surface area contributed by atoms with Crippen LogP contribution in [0.2, 0.25) is 0 Å². The standard InChI is InChI=1S/C14H13FN2O2/c15-11-3-1-10(2-4-11)5-7-17-14(19)13-9-12(18)6-8-16-13/h1-4,6,8-9H,5,7H2,(H,16,18)(H,17,19). The van der Waals surface area contributed by atoms with Gasteiger partial charge in [0.1, 0.15) is 11.5 Å². The molecule has 1 amide bonds. The van der Waals surface area contributed by atoms with Crippen LogP contribution >= 0.6 is 0 Å². The second-order valence-corrected chi connectivity index (χ2v) is 4.07. The van der Waals surface area contributed by atoms with Crippen LogP contribution < -0.4 is 10.7 Å². The lowest BCUT2D eigenvalue weighted by atomic mass is 10.1. The van der Waals surface area contributed by atoms with E-state index in [0.717, 1.165) is 5.56 Å². The minimum Gasteiger partial charge on any atom is -0.357 e. The fourth-order valence-electron chi connectivity index (χ4n) is 1.64. The molecule has 98 valence electrons. The van der Waals surface area contributed by atoms with Crippen molar-refractivity contribution < 1.29 is 9.18 Å². The average Bonchev–Trinajstić information content (AvgIpc) is 2.41. The Morgan fingerprint density at radius 1 is 1.21 bits per heavy atom. The largest absolute Gasteiger partial charge is 0.357 e. The summed E-state index contributed by atoms with van der Waals surface area (Å²) in [6.07, 6.45) is 2.03. The van der Waals surface area contributed by atoms with Crippen molar-refractivity contribution in [2.75, 3.05) is 6.54 Å². The van der Waals surface area contributed by atoms with Gasteiger partial charge in [-0.1, -0.05) is 12.1 Å². The minimum atomic E-state index is -0.334. The molecule has 0 unspecified atom stereocenters. The first-order valence-corrected chi connectivity index (χ1v) is 5.86. The number of hydrogen-bond donors (Lipinski definition) is 2. The highest BCUT2D eigenvalue weighted by Gasteiger charge is 2.05. The minimum absolute atomic E-state index is 0.220. The second kappa shape index (κ2) is 5.95. The Morgan fingerprint density at radius 2 is 1.95 bits per heavy atom. The Kier molecular flexibility index (Phi) is 4.07. The van der Waals surface area contributed by atoms with Gasteiger partial charge in [0.05, 0.1) is 0 Å². The summed E-state index contributed by atoms with van der Waals surface area (Å²) in [6.45, 7) is 0.418. The average molecular weight is 260 g/mol. The summed E-state index contributed by atoms with van der Waals surface area (Å²) in [7, 11) is 0. The van der Waals surface area contributed by atoms with Gasteiger partial charge in [0, 0.05) is 24.9 Å². The number of hydrogen-bond acceptors (Lipinski definition) is 2. The van der Waals surface area contributed by atoms with Gasteiger partial charge in [-0.3, -0.25) is 9.59 Å². The molecular formula is C14H13FN2O2. The number of aromatic amines is 1. The highest BCUT2D eigenvalue weighted by atomic mass is 19.1. The quantitative estimate of drug-likeness (QED) is 0.874. The van der Waals surface area contributed by atoms with E-state index < -0.39 is 0 Å². The molecule has 0 saturated heterocycles. The van der Waals surface area contributed by atoms with Crippen LogP contribution in [0.5, 0.6) is 0 Å². The zero-order chi connectivity index (χ0) is 13.7. The molecule has 0 radical (unpaired) electrons. The Balaban J connectivity index is 1.87. The van der Waals surface area contributed by atoms with E-state index >= 15 is 0 Å². The summed E-state index contributed by atoms with van der Waals surface area (Å²) in [4.78, 5) is 25.5. The van der Waals surface area contributed by atoms with Crippen LogP contribution in [0.25, 0.3) is 0 Å². The van der Waals surface area contributed by atoms with Crippen molar-refractivity contribution in [1.29, 1.82) is 0 Å². The summed E-state index contributed by atoms with van der Waals surface area (Å²) >= 11 is 0. The van der Waals surface area contributed by atoms with E-state index in [-0.39, 0.29) is 22.8 Å². The summed E-state index contributed by atoms with van der Waals surface area (Å²) in [5, 5.41) is 2.69. The summed E-state index contributed by atoms with van der Waals surface area (Å²) in [6, 6.07) is 8.69. The monoisotopic (exact) mass is 260 g/mol. The first-order valence-electron chi connectivity index (χ1n) is 5.86. The number of carbonyl (C=O) groups excluding carboxylic acids is 1. The number of nitrogens with one attached hydrogen (secondary N) is 2. The molecule has 0 saturated carbocycles. The highest BCUT2D eigenvalue weighted by Crippen LogP contribution is 2.02. The molecular weight excluding hydrogens is 247 g/mol. The molecule has 0 atom stereocenters. The highest BCUT2D eigenvalue weighted by molar-refractivity contribution is 5.92. The van der Waals surface area contributed by atoms with Crippen LogP contribution in [0.4, 0.5) is 4.39 Å². The molecule has 1 aromatic heterocycles. The summed E-state index contributed by atoms with van der Waals surface area (Å²) in [5.41, 5.74) is 0.942. The van der Waals surface area contributed by atoms with Crippen LogP contribution in [0.15, 0.2) is 47.4 Å².